The lowest BCUT2D eigenvalue weighted by molar-refractivity contribution is -0.134. The molecule has 0 radical (unpaired) electrons. The predicted octanol–water partition coefficient (Wildman–Crippen LogP) is 6.58. The monoisotopic (exact) mass is 885 g/mol. The molecule has 4 aromatic heterocycles. The van der Waals surface area contributed by atoms with Gasteiger partial charge in [-0.3, -0.25) is 34.4 Å². The third-order valence-corrected chi connectivity index (χ3v) is 13.4. The number of aromatic nitrogens is 7. The number of rotatable bonds is 11. The van der Waals surface area contributed by atoms with Gasteiger partial charge >= 0.3 is 17.7 Å². The average molecular weight is 886 g/mol. The van der Waals surface area contributed by atoms with Crippen molar-refractivity contribution in [1.29, 1.82) is 0 Å². The van der Waals surface area contributed by atoms with Crippen LogP contribution < -0.4 is 30.4 Å². The highest BCUT2D eigenvalue weighted by atomic mass is 16.5. The Hall–Kier alpha value is -7.62. The number of ether oxygens (including phenoxy) is 1. The number of carbonyl (C=O) groups is 3. The number of hydrogen-bond donors (Lipinski definition) is 1. The van der Waals surface area contributed by atoms with Crippen molar-refractivity contribution in [2.75, 3.05) is 48.0 Å². The highest BCUT2D eigenvalue weighted by molar-refractivity contribution is 6.07. The Labute approximate surface area is 381 Å². The summed E-state index contributed by atoms with van der Waals surface area (Å²) in [6.07, 6.45) is 9.54. The number of fused-ring (bicyclic) bond motifs is 1. The molecule has 0 spiro atoms. The van der Waals surface area contributed by atoms with E-state index in [0.29, 0.717) is 49.8 Å². The molecular formula is C50H51N11O5. The zero-order valence-corrected chi connectivity index (χ0v) is 37.5. The van der Waals surface area contributed by atoms with E-state index in [-0.39, 0.29) is 29.5 Å². The van der Waals surface area contributed by atoms with Gasteiger partial charge in [-0.1, -0.05) is 49.4 Å². The lowest BCUT2D eigenvalue weighted by Gasteiger charge is -2.34. The normalized spacial score (nSPS) is 17.0. The van der Waals surface area contributed by atoms with Gasteiger partial charge in [-0.2, -0.15) is 5.10 Å². The number of piperidine rings is 2. The standard InChI is InChI=1S/C50H51N11O5/c1-5-36-38(19-23-52-46(36)60-27-26-59(50(60)65)35-8-7-22-51-30-35)37-16-15-34(61-48(66-4)55-57(3)49(61)64)29-41(37)33-13-11-31(12-14-33)28-32-20-24-58(25-21-32)42-10-6-9-39-44(54-56(2)45(39)42)40-17-18-43(62)53-47(40)63/h6-16,19,22-23,29-30,32,40H,5,17-18,20-21,24-28H2,1-4H3,(H,53,62,63). The van der Waals surface area contributed by atoms with Crippen molar-refractivity contribution < 1.29 is 19.1 Å². The Kier molecular flexibility index (Phi) is 11.2. The van der Waals surface area contributed by atoms with Crippen molar-refractivity contribution in [2.24, 2.45) is 20.0 Å². The van der Waals surface area contributed by atoms with Gasteiger partial charge in [-0.15, -0.1) is 5.10 Å². The first-order valence-electron chi connectivity index (χ1n) is 22.6. The van der Waals surface area contributed by atoms with Gasteiger partial charge in [-0.05, 0) is 102 Å². The van der Waals surface area contributed by atoms with Gasteiger partial charge in [-0.25, -0.2) is 23.8 Å². The fraction of sp³-hybridized carbons (Fsp3) is 0.320. The minimum Gasteiger partial charge on any atom is -0.467 e. The summed E-state index contributed by atoms with van der Waals surface area (Å²) >= 11 is 0. The van der Waals surface area contributed by atoms with E-state index in [1.165, 1.54) is 21.9 Å². The number of aryl methyl sites for hydroxylation is 2. The summed E-state index contributed by atoms with van der Waals surface area (Å²) in [5.74, 6) is 0.164. The van der Waals surface area contributed by atoms with E-state index in [2.05, 4.69) is 57.6 Å². The number of urea groups is 1. The Balaban J connectivity index is 0.919. The van der Waals surface area contributed by atoms with E-state index in [4.69, 9.17) is 14.8 Å². The molecule has 66 heavy (non-hydrogen) atoms. The Bertz CT molecular complexity index is 3060. The molecule has 4 amide bonds. The molecule has 3 fully saturated rings. The van der Waals surface area contributed by atoms with Crippen LogP contribution in [0.15, 0.2) is 102 Å². The fourth-order valence-electron chi connectivity index (χ4n) is 10.1. The lowest BCUT2D eigenvalue weighted by atomic mass is 9.88. The van der Waals surface area contributed by atoms with Crippen molar-refractivity contribution in [3.8, 4) is 34.0 Å². The second-order valence-corrected chi connectivity index (χ2v) is 17.3. The van der Waals surface area contributed by atoms with Gasteiger partial charge in [0.2, 0.25) is 11.8 Å². The minimum atomic E-state index is -0.446. The molecule has 0 bridgehead atoms. The van der Waals surface area contributed by atoms with Crippen LogP contribution in [0.3, 0.4) is 0 Å². The molecule has 1 atom stereocenters. The lowest BCUT2D eigenvalue weighted by Crippen LogP contribution is -2.39. The zero-order chi connectivity index (χ0) is 45.6. The van der Waals surface area contributed by atoms with E-state index in [9.17, 15) is 19.2 Å². The maximum absolute atomic E-state index is 13.9. The number of anilines is 3. The number of benzene rings is 3. The van der Waals surface area contributed by atoms with Crippen molar-refractivity contribution in [3.05, 3.63) is 125 Å². The van der Waals surface area contributed by atoms with E-state index in [1.54, 1.807) is 35.4 Å². The topological polar surface area (TPSA) is 166 Å². The van der Waals surface area contributed by atoms with Gasteiger partial charge < -0.3 is 9.64 Å². The van der Waals surface area contributed by atoms with Crippen LogP contribution in [0.1, 0.15) is 55.3 Å². The first-order chi connectivity index (χ1) is 32.1. The minimum absolute atomic E-state index is 0.145. The number of hydrogen-bond acceptors (Lipinski definition) is 10. The Morgan fingerprint density at radius 1 is 0.773 bits per heavy atom. The van der Waals surface area contributed by atoms with Crippen LogP contribution in [0.2, 0.25) is 0 Å². The molecular weight excluding hydrogens is 835 g/mol. The summed E-state index contributed by atoms with van der Waals surface area (Å²) in [4.78, 5) is 66.9. The molecule has 3 aliphatic rings. The molecule has 7 heterocycles. The van der Waals surface area contributed by atoms with E-state index in [1.807, 2.05) is 60.3 Å². The van der Waals surface area contributed by atoms with Crippen LogP contribution in [0.25, 0.3) is 38.8 Å². The molecule has 10 rings (SSSR count). The highest BCUT2D eigenvalue weighted by Crippen LogP contribution is 2.41. The van der Waals surface area contributed by atoms with Gasteiger partial charge in [0.25, 0.3) is 0 Å². The van der Waals surface area contributed by atoms with Gasteiger partial charge in [0.05, 0.1) is 47.5 Å². The molecule has 3 saturated heterocycles. The maximum atomic E-state index is 13.9. The van der Waals surface area contributed by atoms with E-state index in [0.717, 1.165) is 88.1 Å². The predicted molar refractivity (Wildman–Crippen MR) is 252 cm³/mol. The number of amides is 4. The number of carbonyl (C=O) groups excluding carboxylic acids is 3. The molecule has 336 valence electrons. The second-order valence-electron chi connectivity index (χ2n) is 17.3. The van der Waals surface area contributed by atoms with Crippen molar-refractivity contribution in [1.82, 2.24) is 39.4 Å². The van der Waals surface area contributed by atoms with Crippen LogP contribution in [0, 0.1) is 5.92 Å². The third-order valence-electron chi connectivity index (χ3n) is 13.4. The largest absolute Gasteiger partial charge is 0.467 e. The summed E-state index contributed by atoms with van der Waals surface area (Å²) < 4.78 is 10.2. The number of nitrogens with one attached hydrogen (secondary N) is 1. The molecule has 16 heteroatoms. The molecule has 16 nitrogen and oxygen atoms in total. The number of para-hydroxylation sites is 1. The summed E-state index contributed by atoms with van der Waals surface area (Å²) in [6.45, 7) is 4.87. The SMILES string of the molecule is CCc1c(-c2ccc(-n3c(OC)nn(C)c3=O)cc2-c2ccc(CC3CCN(c4cccc5c(C6CCC(=O)NC6=O)nn(C)c45)CC3)cc2)ccnc1N1CCN(c2cccnc2)C1=O. The van der Waals surface area contributed by atoms with Crippen LogP contribution >= 0.6 is 0 Å². The molecule has 0 saturated carbocycles. The van der Waals surface area contributed by atoms with Crippen LogP contribution in [0.5, 0.6) is 6.01 Å². The number of pyridine rings is 2. The molecule has 7 aromatic rings. The molecule has 3 aliphatic heterocycles. The van der Waals surface area contributed by atoms with Crippen LogP contribution in [-0.4, -0.2) is 85.2 Å². The number of methoxy groups -OCH3 is 1. The summed E-state index contributed by atoms with van der Waals surface area (Å²) in [6, 6.07) is 26.6. The molecule has 3 aromatic carbocycles. The summed E-state index contributed by atoms with van der Waals surface area (Å²) in [5.41, 5.74) is 9.84. The molecule has 1 N–H and O–H groups in total. The number of nitrogens with zero attached hydrogens (tertiary/aromatic N) is 10. The van der Waals surface area contributed by atoms with E-state index >= 15 is 0 Å². The number of imide groups is 1. The second kappa shape index (κ2) is 17.4. The van der Waals surface area contributed by atoms with Crippen molar-refractivity contribution >= 4 is 45.9 Å². The van der Waals surface area contributed by atoms with Crippen LogP contribution in [0.4, 0.5) is 22.0 Å². The van der Waals surface area contributed by atoms with E-state index < -0.39 is 5.92 Å². The first kappa shape index (κ1) is 42.3. The first-order valence-corrected chi connectivity index (χ1v) is 22.6. The average Bonchev–Trinajstić information content (AvgIpc) is 3.99. The third kappa shape index (κ3) is 7.55. The molecule has 0 aliphatic carbocycles. The van der Waals surface area contributed by atoms with Gasteiger partial charge in [0, 0.05) is 70.0 Å². The highest BCUT2D eigenvalue weighted by Gasteiger charge is 2.35. The fourth-order valence-corrected chi connectivity index (χ4v) is 10.1. The maximum Gasteiger partial charge on any atom is 0.353 e. The van der Waals surface area contributed by atoms with Crippen molar-refractivity contribution in [2.45, 2.75) is 51.4 Å². The Morgan fingerprint density at radius 3 is 2.32 bits per heavy atom. The smallest absolute Gasteiger partial charge is 0.353 e. The van der Waals surface area contributed by atoms with Crippen LogP contribution in [-0.2, 0) is 36.5 Å². The van der Waals surface area contributed by atoms with Gasteiger partial charge in [0.15, 0.2) is 0 Å². The van der Waals surface area contributed by atoms with Crippen molar-refractivity contribution in [3.63, 3.8) is 0 Å². The molecule has 1 unspecified atom stereocenters. The quantitative estimate of drug-likeness (QED) is 0.140. The zero-order valence-electron chi connectivity index (χ0n) is 37.5. The Morgan fingerprint density at radius 2 is 1.58 bits per heavy atom. The van der Waals surface area contributed by atoms with Gasteiger partial charge in [0.1, 0.15) is 5.82 Å². The summed E-state index contributed by atoms with van der Waals surface area (Å²) in [5, 5.41) is 12.6. The summed E-state index contributed by atoms with van der Waals surface area (Å²) in [7, 11) is 5.03.